The van der Waals surface area contributed by atoms with E-state index in [1.165, 1.54) is 10.9 Å². The highest BCUT2D eigenvalue weighted by Crippen LogP contribution is 2.30. The van der Waals surface area contributed by atoms with E-state index in [1.54, 1.807) is 6.20 Å². The van der Waals surface area contributed by atoms with Gasteiger partial charge in [-0.3, -0.25) is 4.79 Å². The second-order valence-electron chi connectivity index (χ2n) is 7.94. The minimum absolute atomic E-state index is 0.0276. The number of nitrogens with one attached hydrogen (secondary N) is 2. The maximum absolute atomic E-state index is 13.3. The highest BCUT2D eigenvalue weighted by molar-refractivity contribution is 5.99. The molecule has 0 bridgehead atoms. The number of aromatic amines is 1. The lowest BCUT2D eigenvalue weighted by atomic mass is 9.91. The van der Waals surface area contributed by atoms with Crippen molar-refractivity contribution in [3.05, 3.63) is 95.8 Å². The number of morpholine rings is 1. The zero-order valence-electron chi connectivity index (χ0n) is 17.8. The number of nitrogens with zero attached hydrogens (tertiary/aromatic N) is 2. The smallest absolute Gasteiger partial charge is 0.255 e. The number of para-hydroxylation sites is 1. The van der Waals surface area contributed by atoms with E-state index >= 15 is 0 Å². The summed E-state index contributed by atoms with van der Waals surface area (Å²) in [4.78, 5) is 23.3. The number of hydrogen-bond acceptors (Lipinski definition) is 4. The van der Waals surface area contributed by atoms with E-state index in [0.717, 1.165) is 30.0 Å². The van der Waals surface area contributed by atoms with Gasteiger partial charge in [-0.15, -0.1) is 0 Å². The molecule has 6 heteroatoms. The average molecular weight is 427 g/mol. The molecule has 0 saturated carbocycles. The molecule has 1 amide bonds. The summed E-state index contributed by atoms with van der Waals surface area (Å²) in [6.07, 6.45) is 3.79. The Morgan fingerprint density at radius 2 is 1.81 bits per heavy atom. The van der Waals surface area contributed by atoms with Gasteiger partial charge in [-0.05, 0) is 29.3 Å². The first-order valence-electron chi connectivity index (χ1n) is 11.0. The Balaban J connectivity index is 1.42. The number of anilines is 1. The lowest BCUT2D eigenvalue weighted by Crippen LogP contribution is -2.39. The number of benzene rings is 2. The molecule has 2 aromatic heterocycles. The molecule has 0 spiro atoms. The molecule has 2 N–H and O–H groups in total. The summed E-state index contributed by atoms with van der Waals surface area (Å²) in [5.74, 6) is 0.636. The van der Waals surface area contributed by atoms with Crippen molar-refractivity contribution in [1.82, 2.24) is 15.3 Å². The molecule has 1 fully saturated rings. The van der Waals surface area contributed by atoms with Crippen molar-refractivity contribution in [3.63, 3.8) is 0 Å². The molecule has 1 unspecified atom stereocenters. The van der Waals surface area contributed by atoms with Crippen LogP contribution in [-0.2, 0) is 4.74 Å². The van der Waals surface area contributed by atoms with Gasteiger partial charge in [0.25, 0.3) is 5.91 Å². The number of fused-ring (bicyclic) bond motifs is 1. The lowest BCUT2D eigenvalue weighted by Gasteiger charge is -2.29. The van der Waals surface area contributed by atoms with Crippen molar-refractivity contribution in [2.75, 3.05) is 37.7 Å². The molecule has 4 aromatic rings. The fourth-order valence-corrected chi connectivity index (χ4v) is 4.37. The van der Waals surface area contributed by atoms with E-state index in [-0.39, 0.29) is 11.8 Å². The number of aromatic nitrogens is 2. The van der Waals surface area contributed by atoms with Crippen molar-refractivity contribution in [3.8, 4) is 0 Å². The Hall–Kier alpha value is -3.64. The lowest BCUT2D eigenvalue weighted by molar-refractivity contribution is 0.0950. The third-order valence-corrected chi connectivity index (χ3v) is 6.01. The highest BCUT2D eigenvalue weighted by atomic mass is 16.5. The maximum atomic E-state index is 13.3. The monoisotopic (exact) mass is 426 g/mol. The van der Waals surface area contributed by atoms with Crippen molar-refractivity contribution in [1.29, 1.82) is 0 Å². The number of pyridine rings is 1. The number of carbonyl (C=O) groups is 1. The average Bonchev–Trinajstić information content (AvgIpc) is 3.29. The zero-order valence-corrected chi connectivity index (χ0v) is 17.8. The minimum Gasteiger partial charge on any atom is -0.378 e. The second kappa shape index (κ2) is 9.24. The van der Waals surface area contributed by atoms with Crippen LogP contribution >= 0.6 is 0 Å². The van der Waals surface area contributed by atoms with Gasteiger partial charge in [0.15, 0.2) is 0 Å². The van der Waals surface area contributed by atoms with Crippen LogP contribution in [0.4, 0.5) is 5.82 Å². The molecular weight excluding hydrogens is 400 g/mol. The van der Waals surface area contributed by atoms with Gasteiger partial charge in [0.1, 0.15) is 5.82 Å². The van der Waals surface area contributed by atoms with Crippen molar-refractivity contribution in [2.45, 2.75) is 5.92 Å². The Morgan fingerprint density at radius 1 is 1.03 bits per heavy atom. The molecule has 1 atom stereocenters. The van der Waals surface area contributed by atoms with Crippen LogP contribution in [0.1, 0.15) is 27.4 Å². The van der Waals surface area contributed by atoms with Crippen molar-refractivity contribution in [2.24, 2.45) is 0 Å². The van der Waals surface area contributed by atoms with Gasteiger partial charge in [0.05, 0.1) is 18.8 Å². The third kappa shape index (κ3) is 4.09. The van der Waals surface area contributed by atoms with Gasteiger partial charge in [-0.2, -0.15) is 0 Å². The van der Waals surface area contributed by atoms with E-state index in [9.17, 15) is 4.79 Å². The normalized spacial score (nSPS) is 14.9. The van der Waals surface area contributed by atoms with E-state index < -0.39 is 0 Å². The minimum atomic E-state index is -0.111. The summed E-state index contributed by atoms with van der Waals surface area (Å²) in [7, 11) is 0. The van der Waals surface area contributed by atoms with Crippen LogP contribution in [0.3, 0.4) is 0 Å². The maximum Gasteiger partial charge on any atom is 0.255 e. The van der Waals surface area contributed by atoms with Gasteiger partial charge in [-0.25, -0.2) is 4.98 Å². The first-order valence-corrected chi connectivity index (χ1v) is 11.0. The number of carbonyl (C=O) groups excluding carboxylic acids is 1. The third-order valence-electron chi connectivity index (χ3n) is 6.01. The summed E-state index contributed by atoms with van der Waals surface area (Å²) in [6.45, 7) is 3.25. The molecule has 1 aliphatic rings. The van der Waals surface area contributed by atoms with Crippen LogP contribution in [0, 0.1) is 0 Å². The molecule has 162 valence electrons. The van der Waals surface area contributed by atoms with E-state index in [4.69, 9.17) is 4.74 Å². The SMILES string of the molecule is O=C(NCC(c1ccccc1)c1c[nH]c2ccccc12)c1cccnc1N1CCOCC1. The molecule has 0 aliphatic carbocycles. The predicted molar refractivity (Wildman–Crippen MR) is 126 cm³/mol. The second-order valence-corrected chi connectivity index (χ2v) is 7.94. The molecule has 1 aliphatic heterocycles. The van der Waals surface area contributed by atoms with Crippen LogP contribution in [0.2, 0.25) is 0 Å². The van der Waals surface area contributed by atoms with Crippen LogP contribution in [0.5, 0.6) is 0 Å². The topological polar surface area (TPSA) is 70.2 Å². The fraction of sp³-hybridized carbons (Fsp3) is 0.231. The Morgan fingerprint density at radius 3 is 2.66 bits per heavy atom. The molecule has 0 radical (unpaired) electrons. The van der Waals surface area contributed by atoms with Crippen LogP contribution < -0.4 is 10.2 Å². The summed E-state index contributed by atoms with van der Waals surface area (Å²) in [6, 6.07) is 22.2. The molecule has 5 rings (SSSR count). The Bertz CT molecular complexity index is 1200. The Kier molecular flexibility index (Phi) is 5.85. The standard InChI is InChI=1S/C26H26N4O2/c31-26(21-10-6-12-27-25(21)30-13-15-32-16-14-30)29-17-22(19-7-2-1-3-8-19)23-18-28-24-11-5-4-9-20(23)24/h1-12,18,22,28H,13-17H2,(H,29,31). The van der Waals surface area contributed by atoms with Crippen LogP contribution in [0.15, 0.2) is 79.1 Å². The van der Waals surface area contributed by atoms with Crippen molar-refractivity contribution < 1.29 is 9.53 Å². The number of amides is 1. The largest absolute Gasteiger partial charge is 0.378 e. The van der Waals surface area contributed by atoms with Gasteiger partial charge in [0, 0.05) is 48.8 Å². The molecule has 1 saturated heterocycles. The van der Waals surface area contributed by atoms with E-state index in [2.05, 4.69) is 50.6 Å². The van der Waals surface area contributed by atoms with Crippen LogP contribution in [-0.4, -0.2) is 48.7 Å². The van der Waals surface area contributed by atoms with E-state index in [0.29, 0.717) is 25.3 Å². The summed E-state index contributed by atoms with van der Waals surface area (Å²) < 4.78 is 5.45. The first-order chi connectivity index (χ1) is 15.8. The summed E-state index contributed by atoms with van der Waals surface area (Å²) >= 11 is 0. The van der Waals surface area contributed by atoms with Gasteiger partial charge in [-0.1, -0.05) is 48.5 Å². The molecule has 3 heterocycles. The number of rotatable bonds is 6. The van der Waals surface area contributed by atoms with Gasteiger partial charge >= 0.3 is 0 Å². The molecular formula is C26H26N4O2. The number of ether oxygens (including phenoxy) is 1. The quantitative estimate of drug-likeness (QED) is 0.490. The zero-order chi connectivity index (χ0) is 21.8. The van der Waals surface area contributed by atoms with E-state index in [1.807, 2.05) is 42.5 Å². The number of hydrogen-bond donors (Lipinski definition) is 2. The fourth-order valence-electron chi connectivity index (χ4n) is 4.37. The molecule has 32 heavy (non-hydrogen) atoms. The summed E-state index contributed by atoms with van der Waals surface area (Å²) in [5.41, 5.74) is 4.03. The van der Waals surface area contributed by atoms with Crippen LogP contribution in [0.25, 0.3) is 10.9 Å². The van der Waals surface area contributed by atoms with Gasteiger partial charge < -0.3 is 19.9 Å². The molecule has 6 nitrogen and oxygen atoms in total. The number of H-pyrrole nitrogens is 1. The predicted octanol–water partition coefficient (Wildman–Crippen LogP) is 3.96. The van der Waals surface area contributed by atoms with Crippen molar-refractivity contribution >= 4 is 22.6 Å². The van der Waals surface area contributed by atoms with Gasteiger partial charge in [0.2, 0.25) is 0 Å². The highest BCUT2D eigenvalue weighted by Gasteiger charge is 2.22. The molecule has 2 aromatic carbocycles. The Labute approximate surface area is 187 Å². The first kappa shape index (κ1) is 20.3. The summed E-state index contributed by atoms with van der Waals surface area (Å²) in [5, 5.41) is 4.35.